The molecule has 0 aliphatic heterocycles. The van der Waals surface area contributed by atoms with E-state index in [1.165, 1.54) is 6.20 Å². The highest BCUT2D eigenvalue weighted by molar-refractivity contribution is 6.05. The van der Waals surface area contributed by atoms with Crippen molar-refractivity contribution in [3.8, 4) is 5.69 Å². The van der Waals surface area contributed by atoms with Gasteiger partial charge in [-0.3, -0.25) is 9.59 Å². The van der Waals surface area contributed by atoms with E-state index in [0.29, 0.717) is 22.4 Å². The summed E-state index contributed by atoms with van der Waals surface area (Å²) >= 11 is 0. The lowest BCUT2D eigenvalue weighted by molar-refractivity contribution is 0.102. The fraction of sp³-hybridized carbons (Fsp3) is 0.0500. The van der Waals surface area contributed by atoms with E-state index in [1.54, 1.807) is 23.7 Å². The van der Waals surface area contributed by atoms with E-state index in [9.17, 15) is 9.59 Å². The first-order valence-corrected chi connectivity index (χ1v) is 8.18. The predicted molar refractivity (Wildman–Crippen MR) is 101 cm³/mol. The van der Waals surface area contributed by atoms with Crippen LogP contribution in [0.5, 0.6) is 0 Å². The van der Waals surface area contributed by atoms with Crippen molar-refractivity contribution in [3.63, 3.8) is 0 Å². The van der Waals surface area contributed by atoms with Gasteiger partial charge in [-0.15, -0.1) is 0 Å². The van der Waals surface area contributed by atoms with E-state index in [2.05, 4.69) is 15.4 Å². The number of aryl methyl sites for hydroxylation is 1. The summed E-state index contributed by atoms with van der Waals surface area (Å²) < 4.78 is 1.67. The Hall–Kier alpha value is -3.67. The molecule has 0 atom stereocenters. The number of anilines is 1. The van der Waals surface area contributed by atoms with E-state index >= 15 is 0 Å². The molecular formula is C20H16N4O2. The molecule has 2 aromatic heterocycles. The molecule has 0 saturated carbocycles. The van der Waals surface area contributed by atoms with Crippen LogP contribution in [0.1, 0.15) is 16.1 Å². The molecule has 0 radical (unpaired) electrons. The lowest BCUT2D eigenvalue weighted by atomic mass is 10.1. The van der Waals surface area contributed by atoms with Crippen LogP contribution in [0.2, 0.25) is 0 Å². The van der Waals surface area contributed by atoms with Gasteiger partial charge in [0.15, 0.2) is 0 Å². The topological polar surface area (TPSA) is 79.8 Å². The van der Waals surface area contributed by atoms with Crippen LogP contribution in [0.3, 0.4) is 0 Å². The maximum Gasteiger partial charge on any atom is 0.261 e. The first-order chi connectivity index (χ1) is 12.6. The average Bonchev–Trinajstić information content (AvgIpc) is 3.01. The minimum Gasteiger partial charge on any atom is -0.345 e. The molecule has 26 heavy (non-hydrogen) atoms. The lowest BCUT2D eigenvalue weighted by Gasteiger charge is -2.06. The van der Waals surface area contributed by atoms with Gasteiger partial charge in [-0.25, -0.2) is 4.68 Å². The zero-order valence-electron chi connectivity index (χ0n) is 14.1. The summed E-state index contributed by atoms with van der Waals surface area (Å²) in [6.45, 7) is 1.76. The van der Waals surface area contributed by atoms with Crippen molar-refractivity contribution in [1.82, 2.24) is 14.8 Å². The molecule has 128 valence electrons. The molecule has 4 aromatic rings. The zero-order chi connectivity index (χ0) is 18.1. The molecule has 2 N–H and O–H groups in total. The molecule has 4 rings (SSSR count). The average molecular weight is 344 g/mol. The van der Waals surface area contributed by atoms with Crippen molar-refractivity contribution < 1.29 is 4.79 Å². The van der Waals surface area contributed by atoms with Gasteiger partial charge >= 0.3 is 0 Å². The second kappa shape index (κ2) is 6.33. The Bertz CT molecular complexity index is 1150. The summed E-state index contributed by atoms with van der Waals surface area (Å²) in [5.74, 6) is -0.453. The highest BCUT2D eigenvalue weighted by atomic mass is 16.2. The molecule has 0 fully saturated rings. The van der Waals surface area contributed by atoms with Crippen LogP contribution in [-0.4, -0.2) is 20.7 Å². The van der Waals surface area contributed by atoms with Crippen LogP contribution in [0, 0.1) is 6.92 Å². The highest BCUT2D eigenvalue weighted by Gasteiger charge is 2.18. The Kier molecular flexibility index (Phi) is 3.85. The van der Waals surface area contributed by atoms with Gasteiger partial charge in [-0.1, -0.05) is 36.4 Å². The normalized spacial score (nSPS) is 10.8. The standard InChI is InChI=1S/C20H16N4O2/c1-13-17-18(25)16(20(26)22-14-8-4-2-5-9-14)12-21-19(17)24(23-13)15-10-6-3-7-11-15/h2-12H,1H3,(H,21,25)(H,22,26). The Labute approximate surface area is 149 Å². The monoisotopic (exact) mass is 344 g/mol. The van der Waals surface area contributed by atoms with Crippen molar-refractivity contribution in [2.75, 3.05) is 5.32 Å². The molecule has 0 bridgehead atoms. The van der Waals surface area contributed by atoms with E-state index in [0.717, 1.165) is 5.69 Å². The molecule has 1 amide bonds. The van der Waals surface area contributed by atoms with Gasteiger partial charge in [0.25, 0.3) is 5.91 Å². The van der Waals surface area contributed by atoms with Crippen LogP contribution in [0.4, 0.5) is 5.69 Å². The number of pyridine rings is 1. The number of carbonyl (C=O) groups excluding carboxylic acids is 1. The van der Waals surface area contributed by atoms with E-state index in [1.807, 2.05) is 48.5 Å². The third kappa shape index (κ3) is 2.67. The van der Waals surface area contributed by atoms with Gasteiger partial charge in [0.05, 0.1) is 16.8 Å². The van der Waals surface area contributed by atoms with Gasteiger partial charge in [0, 0.05) is 11.9 Å². The number of nitrogens with one attached hydrogen (secondary N) is 2. The lowest BCUT2D eigenvalue weighted by Crippen LogP contribution is -2.22. The summed E-state index contributed by atoms with van der Waals surface area (Å²) in [6, 6.07) is 18.5. The van der Waals surface area contributed by atoms with Crippen molar-refractivity contribution in [1.29, 1.82) is 0 Å². The maximum absolute atomic E-state index is 12.9. The van der Waals surface area contributed by atoms with Crippen molar-refractivity contribution in [2.45, 2.75) is 6.92 Å². The van der Waals surface area contributed by atoms with Crippen LogP contribution in [0.25, 0.3) is 16.7 Å². The van der Waals surface area contributed by atoms with Gasteiger partial charge in [-0.2, -0.15) is 5.10 Å². The second-order valence-corrected chi connectivity index (χ2v) is 5.91. The maximum atomic E-state index is 12.9. The minimum atomic E-state index is -0.453. The molecule has 0 aliphatic carbocycles. The summed E-state index contributed by atoms with van der Waals surface area (Å²) in [6.07, 6.45) is 1.43. The number of carbonyl (C=O) groups is 1. The second-order valence-electron chi connectivity index (χ2n) is 5.91. The number of benzene rings is 2. The van der Waals surface area contributed by atoms with Crippen molar-refractivity contribution >= 4 is 22.6 Å². The number of amides is 1. The van der Waals surface area contributed by atoms with Gasteiger partial charge in [0.1, 0.15) is 11.2 Å². The molecule has 0 aliphatic rings. The molecule has 2 heterocycles. The number of fused-ring (bicyclic) bond motifs is 1. The number of aromatic nitrogens is 3. The SMILES string of the molecule is Cc1nn(-c2ccccc2)c2[nH]cc(C(=O)Nc3ccccc3)c(=O)c12. The molecule has 2 aromatic carbocycles. The predicted octanol–water partition coefficient (Wildman–Crippen LogP) is 3.27. The smallest absolute Gasteiger partial charge is 0.261 e. The van der Waals surface area contributed by atoms with Crippen LogP contribution in [-0.2, 0) is 0 Å². The molecule has 0 spiro atoms. The first kappa shape index (κ1) is 15.8. The van der Waals surface area contributed by atoms with E-state index in [-0.39, 0.29) is 11.0 Å². The van der Waals surface area contributed by atoms with Crippen LogP contribution in [0.15, 0.2) is 71.7 Å². The first-order valence-electron chi connectivity index (χ1n) is 8.18. The fourth-order valence-corrected chi connectivity index (χ4v) is 2.92. The van der Waals surface area contributed by atoms with Crippen molar-refractivity contribution in [2.24, 2.45) is 0 Å². The molecule has 0 unspecified atom stereocenters. The molecule has 6 heteroatoms. The summed E-state index contributed by atoms with van der Waals surface area (Å²) in [7, 11) is 0. The number of hydrogen-bond donors (Lipinski definition) is 2. The summed E-state index contributed by atoms with van der Waals surface area (Å²) in [5.41, 5.74) is 2.31. The Morgan fingerprint density at radius 1 is 1.04 bits per heavy atom. The Morgan fingerprint density at radius 3 is 2.38 bits per heavy atom. The quantitative estimate of drug-likeness (QED) is 0.598. The summed E-state index contributed by atoms with van der Waals surface area (Å²) in [5, 5.41) is 7.61. The number of rotatable bonds is 3. The van der Waals surface area contributed by atoms with Crippen molar-refractivity contribution in [3.05, 3.63) is 88.3 Å². The molecule has 6 nitrogen and oxygen atoms in total. The van der Waals surface area contributed by atoms with E-state index < -0.39 is 5.91 Å². The van der Waals surface area contributed by atoms with Crippen LogP contribution < -0.4 is 10.7 Å². The zero-order valence-corrected chi connectivity index (χ0v) is 14.1. The number of nitrogens with zero attached hydrogens (tertiary/aromatic N) is 2. The van der Waals surface area contributed by atoms with Gasteiger partial charge < -0.3 is 10.3 Å². The highest BCUT2D eigenvalue weighted by Crippen LogP contribution is 2.18. The fourth-order valence-electron chi connectivity index (χ4n) is 2.92. The molecular weight excluding hydrogens is 328 g/mol. The number of aromatic amines is 1. The Balaban J connectivity index is 1.80. The van der Waals surface area contributed by atoms with E-state index in [4.69, 9.17) is 0 Å². The van der Waals surface area contributed by atoms with Crippen LogP contribution >= 0.6 is 0 Å². The minimum absolute atomic E-state index is 0.0528. The Morgan fingerprint density at radius 2 is 1.69 bits per heavy atom. The number of H-pyrrole nitrogens is 1. The third-order valence-corrected chi connectivity index (χ3v) is 4.16. The third-order valence-electron chi connectivity index (χ3n) is 4.16. The number of para-hydroxylation sites is 2. The largest absolute Gasteiger partial charge is 0.345 e. The van der Waals surface area contributed by atoms with Gasteiger partial charge in [0.2, 0.25) is 5.43 Å². The summed E-state index contributed by atoms with van der Waals surface area (Å²) in [4.78, 5) is 28.5. The van der Waals surface area contributed by atoms with Gasteiger partial charge in [-0.05, 0) is 31.2 Å². The molecule has 0 saturated heterocycles. The number of hydrogen-bond acceptors (Lipinski definition) is 3.